The maximum absolute atomic E-state index is 12.5. The Morgan fingerprint density at radius 1 is 1.17 bits per heavy atom. The van der Waals surface area contributed by atoms with Crippen LogP contribution in [0.25, 0.3) is 27.1 Å². The van der Waals surface area contributed by atoms with Crippen LogP contribution in [0.1, 0.15) is 36.8 Å². The molecule has 6 rings (SSSR count). The summed E-state index contributed by atoms with van der Waals surface area (Å²) in [7, 11) is 2.12. The molecular formula is C32H36ClN7O2. The van der Waals surface area contributed by atoms with Crippen molar-refractivity contribution in [2.24, 2.45) is 0 Å². The second-order valence-corrected chi connectivity index (χ2v) is 11.8. The van der Waals surface area contributed by atoms with Crippen LogP contribution in [0.5, 0.6) is 6.01 Å². The summed E-state index contributed by atoms with van der Waals surface area (Å²) in [6, 6.07) is 8.60. The Hall–Kier alpha value is -3.74. The molecule has 0 bridgehead atoms. The number of halogens is 1. The van der Waals surface area contributed by atoms with Gasteiger partial charge in [0.25, 0.3) is 0 Å². The maximum atomic E-state index is 12.5. The van der Waals surface area contributed by atoms with Crippen molar-refractivity contribution in [1.29, 1.82) is 0 Å². The van der Waals surface area contributed by atoms with Gasteiger partial charge in [-0.3, -0.25) is 4.79 Å². The number of hydrogen-bond donors (Lipinski definition) is 0. The second-order valence-electron chi connectivity index (χ2n) is 11.4. The molecule has 1 aromatic carbocycles. The van der Waals surface area contributed by atoms with Crippen molar-refractivity contribution < 1.29 is 9.53 Å². The summed E-state index contributed by atoms with van der Waals surface area (Å²) in [4.78, 5) is 37.0. The number of nitrogens with zero attached hydrogens (tertiary/aromatic N) is 7. The molecule has 10 heteroatoms. The van der Waals surface area contributed by atoms with Crippen LogP contribution in [0.2, 0.25) is 5.02 Å². The van der Waals surface area contributed by atoms with E-state index in [1.807, 2.05) is 6.07 Å². The Balaban J connectivity index is 1.42. The Morgan fingerprint density at radius 2 is 2.02 bits per heavy atom. The van der Waals surface area contributed by atoms with Crippen molar-refractivity contribution in [3.05, 3.63) is 64.5 Å². The van der Waals surface area contributed by atoms with Crippen LogP contribution in [-0.2, 0) is 17.6 Å². The van der Waals surface area contributed by atoms with Gasteiger partial charge in [-0.25, -0.2) is 11.6 Å². The average molecular weight is 586 g/mol. The zero-order valence-corrected chi connectivity index (χ0v) is 24.8. The quantitative estimate of drug-likeness (QED) is 0.291. The number of ether oxygens (including phenoxy) is 1. The first kappa shape index (κ1) is 28.4. The first-order valence-electron chi connectivity index (χ1n) is 14.8. The molecule has 2 saturated heterocycles. The van der Waals surface area contributed by atoms with Crippen LogP contribution in [0.15, 0.2) is 36.9 Å². The molecule has 3 aliphatic rings. The number of hydrogen-bond acceptors (Lipinski definition) is 7. The predicted molar refractivity (Wildman–Crippen MR) is 165 cm³/mol. The molecule has 42 heavy (non-hydrogen) atoms. The number of rotatable bonds is 7. The van der Waals surface area contributed by atoms with Gasteiger partial charge >= 0.3 is 6.01 Å². The SMILES string of the molecule is [C-]#[N+]C[C@H]1CN(c2nc(OC[C@@H]3CCCN3C)nc3nc(-c4cccc5c4CCCC5)c(Cl)cc23)CCN1C(=O)C=C. The lowest BCUT2D eigenvalue weighted by molar-refractivity contribution is -0.128. The third kappa shape index (κ3) is 5.53. The average Bonchev–Trinajstić information content (AvgIpc) is 3.43. The predicted octanol–water partition coefficient (Wildman–Crippen LogP) is 4.82. The third-order valence-electron chi connectivity index (χ3n) is 8.87. The van der Waals surface area contributed by atoms with Crippen LogP contribution >= 0.6 is 11.6 Å². The smallest absolute Gasteiger partial charge is 0.320 e. The minimum Gasteiger partial charge on any atom is -0.462 e. The molecule has 3 aromatic rings. The fourth-order valence-corrected chi connectivity index (χ4v) is 6.82. The van der Waals surface area contributed by atoms with E-state index in [-0.39, 0.29) is 24.5 Å². The molecule has 0 saturated carbocycles. The van der Waals surface area contributed by atoms with E-state index in [2.05, 4.69) is 46.5 Å². The zero-order valence-electron chi connectivity index (χ0n) is 24.1. The molecule has 2 aliphatic heterocycles. The number of carbonyl (C=O) groups is 1. The van der Waals surface area contributed by atoms with Crippen LogP contribution < -0.4 is 9.64 Å². The van der Waals surface area contributed by atoms with Crippen molar-refractivity contribution in [1.82, 2.24) is 24.8 Å². The lowest BCUT2D eigenvalue weighted by Crippen LogP contribution is -2.56. The second kappa shape index (κ2) is 12.2. The number of carbonyl (C=O) groups excluding carboxylic acids is 1. The van der Waals surface area contributed by atoms with Crippen LogP contribution in [-0.4, -0.2) is 89.1 Å². The summed E-state index contributed by atoms with van der Waals surface area (Å²) in [6.45, 7) is 14.3. The van der Waals surface area contributed by atoms with E-state index in [0.717, 1.165) is 55.3 Å². The number of aryl methyl sites for hydroxylation is 1. The molecule has 1 aliphatic carbocycles. The van der Waals surface area contributed by atoms with Crippen molar-refractivity contribution in [2.75, 3.05) is 51.3 Å². The van der Waals surface area contributed by atoms with Gasteiger partial charge in [0.05, 0.1) is 16.1 Å². The summed E-state index contributed by atoms with van der Waals surface area (Å²) >= 11 is 6.98. The number of pyridine rings is 1. The van der Waals surface area contributed by atoms with E-state index in [1.54, 1.807) is 4.90 Å². The molecule has 0 radical (unpaired) electrons. The Morgan fingerprint density at radius 3 is 2.81 bits per heavy atom. The first-order chi connectivity index (χ1) is 20.5. The summed E-state index contributed by atoms with van der Waals surface area (Å²) < 4.78 is 6.23. The van der Waals surface area contributed by atoms with Crippen molar-refractivity contribution >= 4 is 34.4 Å². The molecule has 4 heterocycles. The topological polar surface area (TPSA) is 79.1 Å². The molecule has 2 aromatic heterocycles. The van der Waals surface area contributed by atoms with E-state index in [0.29, 0.717) is 48.8 Å². The zero-order chi connectivity index (χ0) is 29.2. The van der Waals surface area contributed by atoms with Gasteiger partial charge in [-0.05, 0) is 75.4 Å². The summed E-state index contributed by atoms with van der Waals surface area (Å²) in [5.74, 6) is 0.493. The monoisotopic (exact) mass is 585 g/mol. The number of aromatic nitrogens is 3. The normalized spacial score (nSPS) is 20.8. The third-order valence-corrected chi connectivity index (χ3v) is 9.16. The van der Waals surface area contributed by atoms with Crippen molar-refractivity contribution in [3.8, 4) is 17.3 Å². The number of amides is 1. The van der Waals surface area contributed by atoms with E-state index < -0.39 is 0 Å². The molecule has 0 unspecified atom stereocenters. The lowest BCUT2D eigenvalue weighted by atomic mass is 9.87. The molecule has 0 spiro atoms. The van der Waals surface area contributed by atoms with E-state index >= 15 is 0 Å². The highest BCUT2D eigenvalue weighted by Gasteiger charge is 2.33. The molecule has 218 valence electrons. The highest BCUT2D eigenvalue weighted by Crippen LogP contribution is 2.38. The van der Waals surface area contributed by atoms with Gasteiger partial charge in [-0.1, -0.05) is 36.4 Å². The molecule has 2 atom stereocenters. The molecule has 1 amide bonds. The summed E-state index contributed by atoms with van der Waals surface area (Å²) in [5, 5.41) is 1.27. The number of likely N-dealkylation sites (N-methyl/N-ethyl adjacent to an activating group) is 1. The first-order valence-corrected chi connectivity index (χ1v) is 15.2. The van der Waals surface area contributed by atoms with Crippen LogP contribution in [0, 0.1) is 6.57 Å². The Bertz CT molecular complexity index is 1550. The van der Waals surface area contributed by atoms with Gasteiger partial charge in [0.1, 0.15) is 18.5 Å². The van der Waals surface area contributed by atoms with Gasteiger partial charge in [0.2, 0.25) is 12.5 Å². The fourth-order valence-electron chi connectivity index (χ4n) is 6.57. The minimum absolute atomic E-state index is 0.166. The minimum atomic E-state index is -0.290. The van der Waals surface area contributed by atoms with Crippen molar-refractivity contribution in [3.63, 3.8) is 0 Å². The Kier molecular flexibility index (Phi) is 8.27. The van der Waals surface area contributed by atoms with E-state index in [1.165, 1.54) is 23.6 Å². The number of fused-ring (bicyclic) bond motifs is 2. The Labute approximate surface area is 252 Å². The molecule has 0 N–H and O–H groups in total. The largest absolute Gasteiger partial charge is 0.462 e. The lowest BCUT2D eigenvalue weighted by Gasteiger charge is -2.39. The van der Waals surface area contributed by atoms with E-state index in [4.69, 9.17) is 37.9 Å². The molecule has 2 fully saturated rings. The van der Waals surface area contributed by atoms with E-state index in [9.17, 15) is 4.79 Å². The summed E-state index contributed by atoms with van der Waals surface area (Å²) in [5.41, 5.74) is 4.98. The standard InChI is InChI=1S/C32H36ClN7O2/c1-4-28(41)40-16-15-39(19-23(40)18-34-2)31-26-17-27(33)29(25-13-7-10-21-9-5-6-12-24(21)25)35-30(26)36-32(37-31)42-20-22-11-8-14-38(22)3/h4,7,10,13,17,22-23H,1,5-6,8-9,11-12,14-16,18-20H2,3H3/t22-,23-/m0/s1. The molecular weight excluding hydrogens is 550 g/mol. The van der Waals surface area contributed by atoms with Crippen LogP contribution in [0.3, 0.4) is 0 Å². The highest BCUT2D eigenvalue weighted by molar-refractivity contribution is 6.34. The summed E-state index contributed by atoms with van der Waals surface area (Å²) in [6.07, 6.45) is 7.97. The van der Waals surface area contributed by atoms with Gasteiger partial charge in [0, 0.05) is 31.2 Å². The van der Waals surface area contributed by atoms with Crippen molar-refractivity contribution in [2.45, 2.75) is 50.6 Å². The van der Waals surface area contributed by atoms with Gasteiger partial charge in [-0.2, -0.15) is 9.97 Å². The number of likely N-dealkylation sites (tertiary alicyclic amines) is 1. The highest BCUT2D eigenvalue weighted by atomic mass is 35.5. The number of benzene rings is 1. The number of anilines is 1. The van der Waals surface area contributed by atoms with Gasteiger partial charge in [-0.15, -0.1) is 0 Å². The number of piperazine rings is 1. The van der Waals surface area contributed by atoms with Gasteiger partial charge < -0.3 is 24.3 Å². The fraction of sp³-hybridized carbons (Fsp3) is 0.469. The van der Waals surface area contributed by atoms with Gasteiger partial charge in [0.15, 0.2) is 5.65 Å². The van der Waals surface area contributed by atoms with Crippen LogP contribution in [0.4, 0.5) is 5.82 Å². The molecule has 9 nitrogen and oxygen atoms in total. The maximum Gasteiger partial charge on any atom is 0.320 e.